The SMILES string of the molecule is CN=C(NCC(=O)NC)N1CCN(C2CCC(C(C)C)CC2)CC1.I. The molecule has 0 bridgehead atoms. The molecule has 6 nitrogen and oxygen atoms in total. The maximum atomic E-state index is 11.4. The van der Waals surface area contributed by atoms with Crippen LogP contribution in [0.25, 0.3) is 0 Å². The minimum Gasteiger partial charge on any atom is -0.358 e. The molecule has 0 radical (unpaired) electrons. The first kappa shape index (κ1) is 22.5. The van der Waals surface area contributed by atoms with E-state index in [1.165, 1.54) is 25.7 Å². The van der Waals surface area contributed by atoms with Gasteiger partial charge in [0.2, 0.25) is 5.91 Å². The molecular weight excluding hydrogens is 429 g/mol. The van der Waals surface area contributed by atoms with Crippen molar-refractivity contribution in [3.63, 3.8) is 0 Å². The molecule has 2 N–H and O–H groups in total. The predicted molar refractivity (Wildman–Crippen MR) is 115 cm³/mol. The molecule has 1 aliphatic carbocycles. The van der Waals surface area contributed by atoms with E-state index in [0.717, 1.165) is 50.0 Å². The Morgan fingerprint density at radius 3 is 2.20 bits per heavy atom. The fourth-order valence-corrected chi connectivity index (χ4v) is 4.01. The minimum absolute atomic E-state index is 0. The summed E-state index contributed by atoms with van der Waals surface area (Å²) >= 11 is 0. The number of guanidine groups is 1. The Labute approximate surface area is 170 Å². The number of hydrogen-bond acceptors (Lipinski definition) is 3. The largest absolute Gasteiger partial charge is 0.358 e. The van der Waals surface area contributed by atoms with Crippen molar-refractivity contribution in [2.75, 3.05) is 46.8 Å². The van der Waals surface area contributed by atoms with Crippen molar-refractivity contribution in [3.05, 3.63) is 0 Å². The molecule has 1 saturated carbocycles. The van der Waals surface area contributed by atoms with E-state index in [1.807, 2.05) is 0 Å². The zero-order valence-corrected chi connectivity index (χ0v) is 18.6. The lowest BCUT2D eigenvalue weighted by atomic mass is 9.79. The summed E-state index contributed by atoms with van der Waals surface area (Å²) in [4.78, 5) is 20.6. The predicted octanol–water partition coefficient (Wildman–Crippen LogP) is 1.76. The number of nitrogens with one attached hydrogen (secondary N) is 2. The number of nitrogens with zero attached hydrogens (tertiary/aromatic N) is 3. The maximum Gasteiger partial charge on any atom is 0.239 e. The summed E-state index contributed by atoms with van der Waals surface area (Å²) in [5, 5.41) is 5.77. The number of carbonyl (C=O) groups excluding carboxylic acids is 1. The molecule has 1 saturated heterocycles. The fraction of sp³-hybridized carbons (Fsp3) is 0.889. The second-order valence-electron chi connectivity index (χ2n) is 7.41. The van der Waals surface area contributed by atoms with Gasteiger partial charge in [-0.15, -0.1) is 24.0 Å². The van der Waals surface area contributed by atoms with Crippen LogP contribution in [0.4, 0.5) is 0 Å². The van der Waals surface area contributed by atoms with Gasteiger partial charge in [-0.2, -0.15) is 0 Å². The number of amides is 1. The first-order valence-corrected chi connectivity index (χ1v) is 9.45. The Bertz CT molecular complexity index is 427. The molecule has 1 heterocycles. The second kappa shape index (κ2) is 11.2. The first-order valence-electron chi connectivity index (χ1n) is 9.45. The van der Waals surface area contributed by atoms with E-state index in [-0.39, 0.29) is 36.4 Å². The second-order valence-corrected chi connectivity index (χ2v) is 7.41. The summed E-state index contributed by atoms with van der Waals surface area (Å²) in [5.41, 5.74) is 0. The molecule has 0 atom stereocenters. The highest BCUT2D eigenvalue weighted by Crippen LogP contribution is 2.32. The van der Waals surface area contributed by atoms with Crippen LogP contribution in [0.15, 0.2) is 4.99 Å². The van der Waals surface area contributed by atoms with Crippen molar-refractivity contribution in [2.24, 2.45) is 16.8 Å². The summed E-state index contributed by atoms with van der Waals surface area (Å²) < 4.78 is 0. The van der Waals surface area contributed by atoms with Crippen LogP contribution in [0.3, 0.4) is 0 Å². The zero-order valence-electron chi connectivity index (χ0n) is 16.3. The van der Waals surface area contributed by atoms with Crippen LogP contribution < -0.4 is 10.6 Å². The van der Waals surface area contributed by atoms with Gasteiger partial charge >= 0.3 is 0 Å². The molecular formula is C18H36IN5O. The van der Waals surface area contributed by atoms with Crippen LogP contribution in [0.5, 0.6) is 0 Å². The summed E-state index contributed by atoms with van der Waals surface area (Å²) in [6.45, 7) is 9.16. The van der Waals surface area contributed by atoms with Crippen molar-refractivity contribution < 1.29 is 4.79 Å². The van der Waals surface area contributed by atoms with Crippen molar-refractivity contribution in [2.45, 2.75) is 45.6 Å². The van der Waals surface area contributed by atoms with Crippen LogP contribution >= 0.6 is 24.0 Å². The summed E-state index contributed by atoms with van der Waals surface area (Å²) in [6, 6.07) is 0.767. The van der Waals surface area contributed by atoms with Crippen molar-refractivity contribution >= 4 is 35.8 Å². The molecule has 146 valence electrons. The number of carbonyl (C=O) groups is 1. The van der Waals surface area contributed by atoms with E-state index >= 15 is 0 Å². The normalized spacial score (nSPS) is 25.5. The lowest BCUT2D eigenvalue weighted by Crippen LogP contribution is -2.55. The molecule has 25 heavy (non-hydrogen) atoms. The topological polar surface area (TPSA) is 60.0 Å². The third kappa shape index (κ3) is 6.58. The van der Waals surface area contributed by atoms with Crippen LogP contribution in [-0.2, 0) is 4.79 Å². The number of halogens is 1. The van der Waals surface area contributed by atoms with Crippen molar-refractivity contribution in [1.29, 1.82) is 0 Å². The summed E-state index contributed by atoms with van der Waals surface area (Å²) in [7, 11) is 3.44. The standard InChI is InChI=1S/C18H35N5O.HI/c1-14(2)15-5-7-16(8-6-15)22-9-11-23(12-10-22)18(20-4)21-13-17(24)19-3;/h14-16H,5-13H2,1-4H3,(H,19,24)(H,20,21);1H. The average Bonchev–Trinajstić information content (AvgIpc) is 2.62. The number of likely N-dealkylation sites (N-methyl/N-ethyl adjacent to an activating group) is 1. The lowest BCUT2D eigenvalue weighted by molar-refractivity contribution is -0.119. The van der Waals surface area contributed by atoms with Gasteiger partial charge in [0.15, 0.2) is 5.96 Å². The highest BCUT2D eigenvalue weighted by molar-refractivity contribution is 14.0. The number of rotatable bonds is 4. The van der Waals surface area contributed by atoms with E-state index in [1.54, 1.807) is 14.1 Å². The molecule has 2 fully saturated rings. The third-order valence-electron chi connectivity index (χ3n) is 5.71. The maximum absolute atomic E-state index is 11.4. The zero-order chi connectivity index (χ0) is 17.5. The van der Waals surface area contributed by atoms with Crippen LogP contribution in [0.1, 0.15) is 39.5 Å². The molecule has 0 aromatic carbocycles. The molecule has 2 rings (SSSR count). The molecule has 0 aromatic heterocycles. The van der Waals surface area contributed by atoms with Crippen LogP contribution in [-0.4, -0.2) is 74.5 Å². The first-order chi connectivity index (χ1) is 11.5. The molecule has 0 aromatic rings. The van der Waals surface area contributed by atoms with Crippen molar-refractivity contribution in [1.82, 2.24) is 20.4 Å². The monoisotopic (exact) mass is 465 g/mol. The minimum atomic E-state index is -0.0169. The third-order valence-corrected chi connectivity index (χ3v) is 5.71. The molecule has 0 spiro atoms. The van der Waals surface area contributed by atoms with Gasteiger partial charge in [0, 0.05) is 46.3 Å². The van der Waals surface area contributed by atoms with E-state index < -0.39 is 0 Å². The Morgan fingerprint density at radius 1 is 1.12 bits per heavy atom. The smallest absolute Gasteiger partial charge is 0.239 e. The van der Waals surface area contributed by atoms with Gasteiger partial charge in [-0.1, -0.05) is 13.8 Å². The van der Waals surface area contributed by atoms with Gasteiger partial charge in [-0.05, 0) is 37.5 Å². The molecule has 1 amide bonds. The summed E-state index contributed by atoms with van der Waals surface area (Å²) in [6.07, 6.45) is 5.48. The van der Waals surface area contributed by atoms with Crippen LogP contribution in [0.2, 0.25) is 0 Å². The molecule has 0 unspecified atom stereocenters. The van der Waals surface area contributed by atoms with Gasteiger partial charge in [0.25, 0.3) is 0 Å². The molecule has 1 aliphatic heterocycles. The van der Waals surface area contributed by atoms with E-state index in [0.29, 0.717) is 0 Å². The van der Waals surface area contributed by atoms with Crippen molar-refractivity contribution in [3.8, 4) is 0 Å². The van der Waals surface area contributed by atoms with E-state index in [9.17, 15) is 4.79 Å². The lowest BCUT2D eigenvalue weighted by Gasteiger charge is -2.43. The Hall–Kier alpha value is -0.570. The van der Waals surface area contributed by atoms with E-state index in [2.05, 4.69) is 39.3 Å². The Morgan fingerprint density at radius 2 is 1.72 bits per heavy atom. The number of hydrogen-bond donors (Lipinski definition) is 2. The average molecular weight is 465 g/mol. The fourth-order valence-electron chi connectivity index (χ4n) is 4.01. The highest BCUT2D eigenvalue weighted by atomic mass is 127. The molecule has 7 heteroatoms. The van der Waals surface area contributed by atoms with Crippen LogP contribution in [0, 0.1) is 11.8 Å². The van der Waals surface area contributed by atoms with Gasteiger partial charge in [-0.25, -0.2) is 0 Å². The number of piperazine rings is 1. The summed E-state index contributed by atoms with van der Waals surface area (Å²) in [5.74, 6) is 2.58. The molecule has 2 aliphatic rings. The quantitative estimate of drug-likeness (QED) is 0.378. The Balaban J connectivity index is 0.00000312. The highest BCUT2D eigenvalue weighted by Gasteiger charge is 2.29. The van der Waals surface area contributed by atoms with E-state index in [4.69, 9.17) is 0 Å². The Kier molecular flexibility index (Phi) is 10.1. The number of aliphatic imine (C=N–C) groups is 1. The van der Waals surface area contributed by atoms with Gasteiger partial charge in [0.05, 0.1) is 6.54 Å². The van der Waals surface area contributed by atoms with Gasteiger partial charge < -0.3 is 15.5 Å². The van der Waals surface area contributed by atoms with Gasteiger partial charge in [-0.3, -0.25) is 14.7 Å². The van der Waals surface area contributed by atoms with Gasteiger partial charge in [0.1, 0.15) is 0 Å².